The van der Waals surface area contributed by atoms with Gasteiger partial charge in [-0.2, -0.15) is 13.2 Å². The molecule has 4 aliphatic heterocycles. The quantitative estimate of drug-likeness (QED) is 0.313. The van der Waals surface area contributed by atoms with Gasteiger partial charge in [0.05, 0.1) is 30.2 Å². The molecular formula is C38H47ClF3N5O5. The van der Waals surface area contributed by atoms with Crippen molar-refractivity contribution in [2.75, 3.05) is 58.2 Å². The molecule has 14 heteroatoms. The number of hydrogen-bond acceptors (Lipinski definition) is 6. The molecule has 0 radical (unpaired) electrons. The molecule has 3 saturated heterocycles. The van der Waals surface area contributed by atoms with Crippen LogP contribution in [0.25, 0.3) is 0 Å². The molecule has 2 aromatic rings. The Morgan fingerprint density at radius 2 is 1.54 bits per heavy atom. The lowest BCUT2D eigenvalue weighted by atomic mass is 9.78. The molecule has 1 unspecified atom stereocenters. The topological polar surface area (TPSA) is 102 Å². The highest BCUT2D eigenvalue weighted by Crippen LogP contribution is 2.37. The zero-order chi connectivity index (χ0) is 37.0. The smallest absolute Gasteiger partial charge is 0.417 e. The molecule has 4 amide bonds. The number of nitrogens with zero attached hydrogens (tertiary/aromatic N) is 4. The Balaban J connectivity index is 1.08. The summed E-state index contributed by atoms with van der Waals surface area (Å²) in [5.74, 6) is -0.589. The molecule has 4 aliphatic rings. The molecule has 6 rings (SSSR count). The predicted octanol–water partition coefficient (Wildman–Crippen LogP) is 6.07. The molecule has 4 heterocycles. The van der Waals surface area contributed by atoms with Crippen molar-refractivity contribution in [1.29, 1.82) is 0 Å². The summed E-state index contributed by atoms with van der Waals surface area (Å²) in [6.45, 7) is 4.30. The number of alkyl halides is 3. The fourth-order valence-corrected chi connectivity index (χ4v) is 8.64. The molecule has 0 bridgehead atoms. The number of nitrogens with one attached hydrogen (secondary N) is 1. The Morgan fingerprint density at radius 1 is 0.904 bits per heavy atom. The number of hydrogen-bond donors (Lipinski definition) is 1. The second kappa shape index (κ2) is 16.4. The number of amides is 4. The highest BCUT2D eigenvalue weighted by Gasteiger charge is 2.38. The lowest BCUT2D eigenvalue weighted by Crippen LogP contribution is -2.51. The number of halogens is 4. The highest BCUT2D eigenvalue weighted by molar-refractivity contribution is 6.31. The lowest BCUT2D eigenvalue weighted by Gasteiger charge is -2.41. The van der Waals surface area contributed by atoms with Crippen molar-refractivity contribution in [3.8, 4) is 0 Å². The first-order chi connectivity index (χ1) is 24.9. The Hall–Kier alpha value is -3.84. The number of carbonyl (C=O) groups is 4. The number of likely N-dealkylation sites (tertiary alicyclic amines) is 3. The van der Waals surface area contributed by atoms with Crippen LogP contribution in [0.15, 0.2) is 42.5 Å². The van der Waals surface area contributed by atoms with E-state index in [1.807, 2.05) is 29.2 Å². The number of ether oxygens (including phenoxy) is 1. The van der Waals surface area contributed by atoms with Crippen molar-refractivity contribution >= 4 is 41.1 Å². The van der Waals surface area contributed by atoms with Crippen LogP contribution < -0.4 is 5.32 Å². The van der Waals surface area contributed by atoms with Crippen molar-refractivity contribution in [2.24, 2.45) is 17.8 Å². The molecule has 0 aliphatic carbocycles. The molecule has 0 saturated carbocycles. The maximum absolute atomic E-state index is 14.1. The first-order valence-electron chi connectivity index (χ1n) is 18.3. The van der Waals surface area contributed by atoms with E-state index in [1.54, 1.807) is 9.80 Å². The van der Waals surface area contributed by atoms with E-state index in [-0.39, 0.29) is 49.2 Å². The number of para-hydroxylation sites is 1. The van der Waals surface area contributed by atoms with E-state index >= 15 is 0 Å². The molecule has 0 aromatic heterocycles. The van der Waals surface area contributed by atoms with Crippen LogP contribution in [0, 0.1) is 17.8 Å². The van der Waals surface area contributed by atoms with Gasteiger partial charge in [-0.05, 0) is 99.2 Å². The fraction of sp³-hybridized carbons (Fsp3) is 0.579. The van der Waals surface area contributed by atoms with Crippen molar-refractivity contribution < 1.29 is 37.1 Å². The van der Waals surface area contributed by atoms with Gasteiger partial charge in [-0.3, -0.25) is 19.3 Å². The van der Waals surface area contributed by atoms with Crippen LogP contribution in [-0.4, -0.2) is 102 Å². The molecule has 3 fully saturated rings. The minimum absolute atomic E-state index is 0.0206. The molecule has 1 N–H and O–H groups in total. The molecule has 1 atom stereocenters. The average Bonchev–Trinajstić information content (AvgIpc) is 3.14. The van der Waals surface area contributed by atoms with E-state index in [0.29, 0.717) is 63.0 Å². The number of carbonyl (C=O) groups excluding carboxylic acids is 4. The van der Waals surface area contributed by atoms with Crippen LogP contribution in [-0.2, 0) is 38.3 Å². The summed E-state index contributed by atoms with van der Waals surface area (Å²) in [6.07, 6.45) is -0.0597. The highest BCUT2D eigenvalue weighted by atomic mass is 35.5. The molecule has 0 spiro atoms. The van der Waals surface area contributed by atoms with Gasteiger partial charge >= 0.3 is 18.2 Å². The third-order valence-corrected chi connectivity index (χ3v) is 11.8. The van der Waals surface area contributed by atoms with Crippen LogP contribution in [0.5, 0.6) is 0 Å². The maximum atomic E-state index is 14.1. The monoisotopic (exact) mass is 745 g/mol. The minimum Gasteiger partial charge on any atom is -0.468 e. The largest absolute Gasteiger partial charge is 0.468 e. The van der Waals surface area contributed by atoms with Crippen LogP contribution >= 0.6 is 11.6 Å². The number of rotatable bonds is 9. The van der Waals surface area contributed by atoms with Gasteiger partial charge in [0.15, 0.2) is 0 Å². The minimum atomic E-state index is -4.66. The second-order valence-corrected chi connectivity index (χ2v) is 15.0. The van der Waals surface area contributed by atoms with Gasteiger partial charge < -0.3 is 24.8 Å². The van der Waals surface area contributed by atoms with Gasteiger partial charge in [-0.1, -0.05) is 35.9 Å². The number of anilines is 1. The summed E-state index contributed by atoms with van der Waals surface area (Å²) in [7, 11) is 1.39. The first kappa shape index (κ1) is 37.9. The van der Waals surface area contributed by atoms with Crippen LogP contribution in [0.1, 0.15) is 61.6 Å². The Kier molecular flexibility index (Phi) is 12.0. The number of methoxy groups -OCH3 is 1. The summed E-state index contributed by atoms with van der Waals surface area (Å²) in [5, 5.41) is 2.54. The molecule has 282 valence electrons. The summed E-state index contributed by atoms with van der Waals surface area (Å²) in [4.78, 5) is 59.9. The van der Waals surface area contributed by atoms with E-state index in [4.69, 9.17) is 16.3 Å². The number of piperidine rings is 3. The maximum Gasteiger partial charge on any atom is 0.417 e. The fourth-order valence-electron chi connectivity index (χ4n) is 8.41. The van der Waals surface area contributed by atoms with Crippen LogP contribution in [0.2, 0.25) is 5.02 Å². The molecule has 2 aromatic carbocycles. The van der Waals surface area contributed by atoms with Gasteiger partial charge in [0.25, 0.3) is 0 Å². The third kappa shape index (κ3) is 9.02. The third-order valence-electron chi connectivity index (χ3n) is 11.4. The Bertz CT molecular complexity index is 1620. The Labute approximate surface area is 307 Å². The van der Waals surface area contributed by atoms with Gasteiger partial charge in [0.2, 0.25) is 11.8 Å². The van der Waals surface area contributed by atoms with Crippen molar-refractivity contribution in [3.63, 3.8) is 0 Å². The number of fused-ring (bicyclic) bond motifs is 1. The van der Waals surface area contributed by atoms with E-state index in [2.05, 4.69) is 10.2 Å². The van der Waals surface area contributed by atoms with Gasteiger partial charge in [0, 0.05) is 50.9 Å². The van der Waals surface area contributed by atoms with Gasteiger partial charge in [-0.15, -0.1) is 0 Å². The van der Waals surface area contributed by atoms with Crippen molar-refractivity contribution in [2.45, 2.75) is 70.1 Å². The average molecular weight is 746 g/mol. The zero-order valence-electron chi connectivity index (χ0n) is 29.5. The lowest BCUT2D eigenvalue weighted by molar-refractivity contribution is -0.143. The normalized spacial score (nSPS) is 20.3. The van der Waals surface area contributed by atoms with Crippen LogP contribution in [0.3, 0.4) is 0 Å². The summed E-state index contributed by atoms with van der Waals surface area (Å²) >= 11 is 5.90. The standard InChI is InChI=1S/C38H47ClF3N5O5/c1-52-35(49)24-44-14-8-26(9-15-44)27-10-16-46(17-11-27)36(50)29(20-25-6-7-32(39)31(21-25)38(40,41)42)22-34(48)45-18-12-30(13-19-45)47-23-28-4-2-3-5-33(28)43-37(47)51/h2-7,21,26-27,29-30H,8-20,22-24H2,1H3,(H,43,51). The SMILES string of the molecule is COC(=O)CN1CCC(C2CCN(C(=O)C(CC(=O)N3CCC(N4Cc5ccccc5NC4=O)CC3)Cc3ccc(Cl)c(C(F)(F)F)c3)CC2)CC1. The first-order valence-corrected chi connectivity index (χ1v) is 18.6. The van der Waals surface area contributed by atoms with Gasteiger partial charge in [-0.25, -0.2) is 4.79 Å². The van der Waals surface area contributed by atoms with Gasteiger partial charge in [0.1, 0.15) is 0 Å². The van der Waals surface area contributed by atoms with E-state index in [0.717, 1.165) is 56.1 Å². The molecule has 10 nitrogen and oxygen atoms in total. The molecular weight excluding hydrogens is 699 g/mol. The number of benzene rings is 2. The summed E-state index contributed by atoms with van der Waals surface area (Å²) in [6, 6.07) is 11.1. The van der Waals surface area contributed by atoms with Crippen molar-refractivity contribution in [3.05, 3.63) is 64.2 Å². The second-order valence-electron chi connectivity index (χ2n) is 14.6. The zero-order valence-corrected chi connectivity index (χ0v) is 30.3. The number of urea groups is 1. The van der Waals surface area contributed by atoms with E-state index in [9.17, 15) is 32.3 Å². The van der Waals surface area contributed by atoms with Crippen LogP contribution in [0.4, 0.5) is 23.7 Å². The molecule has 52 heavy (non-hydrogen) atoms. The Morgan fingerprint density at radius 3 is 2.19 bits per heavy atom. The number of esters is 1. The summed E-state index contributed by atoms with van der Waals surface area (Å²) < 4.78 is 46.0. The van der Waals surface area contributed by atoms with E-state index < -0.39 is 22.7 Å². The predicted molar refractivity (Wildman–Crippen MR) is 189 cm³/mol. The summed E-state index contributed by atoms with van der Waals surface area (Å²) in [5.41, 5.74) is 1.17. The van der Waals surface area contributed by atoms with Crippen molar-refractivity contribution in [1.82, 2.24) is 19.6 Å². The van der Waals surface area contributed by atoms with E-state index in [1.165, 1.54) is 19.2 Å².